The summed E-state index contributed by atoms with van der Waals surface area (Å²) in [4.78, 5) is 27.4. The smallest absolute Gasteiger partial charge is 0.418 e. The van der Waals surface area contributed by atoms with Crippen molar-refractivity contribution in [3.05, 3.63) is 71.8 Å². The molecule has 6 nitrogen and oxygen atoms in total. The molecule has 0 saturated heterocycles. The molecule has 0 bridgehead atoms. The molecule has 0 spiro atoms. The third-order valence-corrected chi connectivity index (χ3v) is 5.18. The van der Waals surface area contributed by atoms with E-state index in [0.717, 1.165) is 30.4 Å². The summed E-state index contributed by atoms with van der Waals surface area (Å²) in [7, 11) is 1.32. The van der Waals surface area contributed by atoms with Crippen LogP contribution in [0, 0.1) is 0 Å². The normalized spacial score (nSPS) is 10.9. The minimum atomic E-state index is -1.02. The van der Waals surface area contributed by atoms with Gasteiger partial charge in [0.05, 0.1) is 24.0 Å². The average Bonchev–Trinajstić information content (AvgIpc) is 2.77. The van der Waals surface area contributed by atoms with E-state index < -0.39 is 12.1 Å². The summed E-state index contributed by atoms with van der Waals surface area (Å²) in [6.45, 7) is 7.21. The van der Waals surface area contributed by atoms with E-state index in [4.69, 9.17) is 9.84 Å². The summed E-state index contributed by atoms with van der Waals surface area (Å²) in [5.74, 6) is -1.02. The molecule has 1 amide bonds. The number of ether oxygens (including phenoxy) is 1. The Hall–Kier alpha value is -3.38. The van der Waals surface area contributed by atoms with Crippen molar-refractivity contribution in [3.8, 4) is 0 Å². The molecular weight excluding hydrogens is 380 g/mol. The molecular formula is C24H26N2O4. The standard InChI is InChI=1S/C24H26N2O4/c1-4-25(5-2)16-17-6-7-20-15-22(13-10-19(20)14-17)26(24(29)30-3)21-11-8-18(9-12-21)23(27)28/h6-15H,4-5,16H2,1-3H3,(H,27,28). The molecule has 30 heavy (non-hydrogen) atoms. The van der Waals surface area contributed by atoms with Gasteiger partial charge in [-0.05, 0) is 71.9 Å². The van der Waals surface area contributed by atoms with Crippen molar-refractivity contribution in [1.29, 1.82) is 0 Å². The minimum absolute atomic E-state index is 0.155. The maximum absolute atomic E-state index is 12.5. The summed E-state index contributed by atoms with van der Waals surface area (Å²) in [5.41, 5.74) is 2.58. The lowest BCUT2D eigenvalue weighted by atomic mass is 10.1. The van der Waals surface area contributed by atoms with Crippen LogP contribution in [0.4, 0.5) is 16.2 Å². The molecule has 0 unspecified atom stereocenters. The van der Waals surface area contributed by atoms with E-state index in [2.05, 4.69) is 36.9 Å². The first kappa shape index (κ1) is 21.3. The summed E-state index contributed by atoms with van der Waals surface area (Å²) in [6, 6.07) is 18.2. The number of aromatic carboxylic acids is 1. The monoisotopic (exact) mass is 406 g/mol. The lowest BCUT2D eigenvalue weighted by Crippen LogP contribution is -2.25. The van der Waals surface area contributed by atoms with Gasteiger partial charge in [-0.15, -0.1) is 0 Å². The number of hydrogen-bond donors (Lipinski definition) is 1. The molecule has 0 atom stereocenters. The van der Waals surface area contributed by atoms with Gasteiger partial charge in [-0.25, -0.2) is 14.5 Å². The second-order valence-corrected chi connectivity index (χ2v) is 6.98. The Morgan fingerprint density at radius 1 is 0.867 bits per heavy atom. The molecule has 3 aromatic carbocycles. The van der Waals surface area contributed by atoms with E-state index in [0.29, 0.717) is 11.4 Å². The largest absolute Gasteiger partial charge is 0.478 e. The third kappa shape index (κ3) is 4.60. The predicted octanol–water partition coefficient (Wildman–Crippen LogP) is 5.28. The summed E-state index contributed by atoms with van der Waals surface area (Å²) in [5, 5.41) is 11.2. The number of carbonyl (C=O) groups is 2. The molecule has 1 N–H and O–H groups in total. The van der Waals surface area contributed by atoms with Crippen molar-refractivity contribution in [2.24, 2.45) is 0 Å². The van der Waals surface area contributed by atoms with Crippen LogP contribution in [-0.2, 0) is 11.3 Å². The van der Waals surface area contributed by atoms with Gasteiger partial charge in [0, 0.05) is 6.54 Å². The van der Waals surface area contributed by atoms with Crippen molar-refractivity contribution < 1.29 is 19.4 Å². The summed E-state index contributed by atoms with van der Waals surface area (Å²) in [6.07, 6.45) is -0.546. The fraction of sp³-hybridized carbons (Fsp3) is 0.250. The Kier molecular flexibility index (Phi) is 6.69. The fourth-order valence-electron chi connectivity index (χ4n) is 3.43. The highest BCUT2D eigenvalue weighted by atomic mass is 16.5. The van der Waals surface area contributed by atoms with Gasteiger partial charge in [-0.1, -0.05) is 32.0 Å². The zero-order valence-electron chi connectivity index (χ0n) is 17.5. The Balaban J connectivity index is 1.96. The number of nitrogens with zero attached hydrogens (tertiary/aromatic N) is 2. The van der Waals surface area contributed by atoms with Crippen LogP contribution in [-0.4, -0.2) is 42.3 Å². The van der Waals surface area contributed by atoms with Crippen molar-refractivity contribution in [2.45, 2.75) is 20.4 Å². The van der Waals surface area contributed by atoms with Gasteiger partial charge in [-0.3, -0.25) is 4.90 Å². The molecule has 0 aromatic heterocycles. The lowest BCUT2D eigenvalue weighted by Gasteiger charge is -2.22. The van der Waals surface area contributed by atoms with Crippen LogP contribution in [0.3, 0.4) is 0 Å². The average molecular weight is 406 g/mol. The quantitative estimate of drug-likeness (QED) is 0.578. The number of methoxy groups -OCH3 is 1. The number of amides is 1. The molecule has 0 fully saturated rings. The minimum Gasteiger partial charge on any atom is -0.478 e. The zero-order valence-corrected chi connectivity index (χ0v) is 17.5. The fourth-order valence-corrected chi connectivity index (χ4v) is 3.43. The van der Waals surface area contributed by atoms with E-state index in [-0.39, 0.29) is 5.56 Å². The zero-order chi connectivity index (χ0) is 21.7. The highest BCUT2D eigenvalue weighted by Crippen LogP contribution is 2.30. The SMILES string of the molecule is CCN(CC)Cc1ccc2cc(N(C(=O)OC)c3ccc(C(=O)O)cc3)ccc2c1. The highest BCUT2D eigenvalue weighted by Gasteiger charge is 2.19. The molecule has 3 aromatic rings. The van der Waals surface area contributed by atoms with Crippen LogP contribution in [0.1, 0.15) is 29.8 Å². The van der Waals surface area contributed by atoms with Crippen LogP contribution >= 0.6 is 0 Å². The Labute approximate surface area is 176 Å². The second-order valence-electron chi connectivity index (χ2n) is 6.98. The first-order valence-corrected chi connectivity index (χ1v) is 9.93. The van der Waals surface area contributed by atoms with Crippen LogP contribution in [0.2, 0.25) is 0 Å². The van der Waals surface area contributed by atoms with E-state index >= 15 is 0 Å². The number of rotatable bonds is 7. The second kappa shape index (κ2) is 9.41. The molecule has 0 aliphatic carbocycles. The van der Waals surface area contributed by atoms with Gasteiger partial charge < -0.3 is 9.84 Å². The molecule has 0 saturated carbocycles. The Morgan fingerprint density at radius 2 is 1.47 bits per heavy atom. The molecule has 0 heterocycles. The summed E-state index contributed by atoms with van der Waals surface area (Å²) >= 11 is 0. The van der Waals surface area contributed by atoms with Crippen molar-refractivity contribution in [2.75, 3.05) is 25.1 Å². The Bertz CT molecular complexity index is 1040. The van der Waals surface area contributed by atoms with Gasteiger partial charge in [-0.2, -0.15) is 0 Å². The predicted molar refractivity (Wildman–Crippen MR) is 119 cm³/mol. The van der Waals surface area contributed by atoms with Crippen LogP contribution < -0.4 is 4.90 Å². The number of carboxylic acid groups (broad SMARTS) is 1. The van der Waals surface area contributed by atoms with E-state index in [1.807, 2.05) is 18.2 Å². The molecule has 156 valence electrons. The van der Waals surface area contributed by atoms with E-state index in [1.54, 1.807) is 12.1 Å². The van der Waals surface area contributed by atoms with Crippen molar-refractivity contribution in [1.82, 2.24) is 4.90 Å². The topological polar surface area (TPSA) is 70.1 Å². The van der Waals surface area contributed by atoms with Gasteiger partial charge in [0.25, 0.3) is 0 Å². The van der Waals surface area contributed by atoms with Gasteiger partial charge >= 0.3 is 12.1 Å². The first-order chi connectivity index (χ1) is 14.5. The maximum Gasteiger partial charge on any atom is 0.418 e. The maximum atomic E-state index is 12.5. The number of hydrogen-bond acceptors (Lipinski definition) is 4. The Morgan fingerprint density at radius 3 is 2.07 bits per heavy atom. The number of carbonyl (C=O) groups excluding carboxylic acids is 1. The first-order valence-electron chi connectivity index (χ1n) is 9.93. The van der Waals surface area contributed by atoms with Crippen molar-refractivity contribution in [3.63, 3.8) is 0 Å². The summed E-state index contributed by atoms with van der Waals surface area (Å²) < 4.78 is 4.96. The number of carboxylic acids is 1. The van der Waals surface area contributed by atoms with Crippen molar-refractivity contribution >= 4 is 34.2 Å². The highest BCUT2D eigenvalue weighted by molar-refractivity contribution is 5.99. The number of fused-ring (bicyclic) bond motifs is 1. The van der Waals surface area contributed by atoms with Crippen LogP contribution in [0.25, 0.3) is 10.8 Å². The molecule has 0 aliphatic rings. The van der Waals surface area contributed by atoms with E-state index in [9.17, 15) is 9.59 Å². The van der Waals surface area contributed by atoms with Crippen LogP contribution in [0.15, 0.2) is 60.7 Å². The number of anilines is 2. The molecule has 0 aliphatic heterocycles. The molecule has 6 heteroatoms. The van der Waals surface area contributed by atoms with Gasteiger partial charge in [0.15, 0.2) is 0 Å². The third-order valence-electron chi connectivity index (χ3n) is 5.18. The molecule has 3 rings (SSSR count). The van der Waals surface area contributed by atoms with Crippen LogP contribution in [0.5, 0.6) is 0 Å². The lowest BCUT2D eigenvalue weighted by molar-refractivity contribution is 0.0697. The van der Waals surface area contributed by atoms with Gasteiger partial charge in [0.2, 0.25) is 0 Å². The van der Waals surface area contributed by atoms with Gasteiger partial charge in [0.1, 0.15) is 0 Å². The number of benzene rings is 3. The van der Waals surface area contributed by atoms with E-state index in [1.165, 1.54) is 29.7 Å². The molecule has 0 radical (unpaired) electrons.